The first-order valence-corrected chi connectivity index (χ1v) is 9.62. The molecule has 7 nitrogen and oxygen atoms in total. The van der Waals surface area contributed by atoms with Gasteiger partial charge in [0.1, 0.15) is 4.90 Å². The molecule has 130 valence electrons. The second-order valence-corrected chi connectivity index (χ2v) is 7.97. The van der Waals surface area contributed by atoms with Gasteiger partial charge in [0, 0.05) is 18.5 Å². The van der Waals surface area contributed by atoms with Gasteiger partial charge >= 0.3 is 5.97 Å². The second-order valence-electron chi connectivity index (χ2n) is 5.28. The number of carboxylic acid groups (broad SMARTS) is 1. The first kappa shape index (κ1) is 17.3. The highest BCUT2D eigenvalue weighted by Crippen LogP contribution is 2.24. The molecule has 0 aliphatic heterocycles. The Morgan fingerprint density at radius 1 is 1.28 bits per heavy atom. The van der Waals surface area contributed by atoms with Crippen LogP contribution in [0.5, 0.6) is 0 Å². The highest BCUT2D eigenvalue weighted by molar-refractivity contribution is 7.89. The van der Waals surface area contributed by atoms with Gasteiger partial charge in [-0.1, -0.05) is 30.3 Å². The molecule has 2 heterocycles. The van der Waals surface area contributed by atoms with Crippen LogP contribution in [0.3, 0.4) is 0 Å². The summed E-state index contributed by atoms with van der Waals surface area (Å²) in [5, 5.41) is 14.9. The summed E-state index contributed by atoms with van der Waals surface area (Å²) in [6.45, 7) is 0.0566. The summed E-state index contributed by atoms with van der Waals surface area (Å²) in [6.07, 6.45) is 1.03. The van der Waals surface area contributed by atoms with Crippen LogP contribution < -0.4 is 4.72 Å². The van der Waals surface area contributed by atoms with Crippen LogP contribution in [0.25, 0.3) is 10.4 Å². The van der Waals surface area contributed by atoms with E-state index < -0.39 is 16.0 Å². The zero-order chi connectivity index (χ0) is 18.0. The number of nitrogens with one attached hydrogen (secondary N) is 1. The van der Waals surface area contributed by atoms with Gasteiger partial charge in [-0.3, -0.25) is 4.68 Å². The van der Waals surface area contributed by atoms with E-state index in [1.165, 1.54) is 7.05 Å². The number of carbonyl (C=O) groups is 1. The Morgan fingerprint density at radius 3 is 2.60 bits per heavy atom. The fourth-order valence-electron chi connectivity index (χ4n) is 2.34. The topological polar surface area (TPSA) is 101 Å². The molecule has 0 saturated carbocycles. The minimum atomic E-state index is -3.98. The summed E-state index contributed by atoms with van der Waals surface area (Å²) in [7, 11) is -2.60. The van der Waals surface area contributed by atoms with Crippen molar-refractivity contribution in [3.63, 3.8) is 0 Å². The van der Waals surface area contributed by atoms with Crippen LogP contribution in [0.4, 0.5) is 0 Å². The predicted octanol–water partition coefficient (Wildman–Crippen LogP) is 2.33. The molecule has 3 aromatic rings. The van der Waals surface area contributed by atoms with Gasteiger partial charge in [0.15, 0.2) is 5.69 Å². The van der Waals surface area contributed by atoms with Crippen LogP contribution in [0.2, 0.25) is 0 Å². The smallest absolute Gasteiger partial charge is 0.355 e. The molecule has 25 heavy (non-hydrogen) atoms. The van der Waals surface area contributed by atoms with Crippen LogP contribution in [0, 0.1) is 0 Å². The van der Waals surface area contributed by atoms with Gasteiger partial charge in [-0.15, -0.1) is 11.3 Å². The van der Waals surface area contributed by atoms with E-state index in [1.54, 1.807) is 11.3 Å². The van der Waals surface area contributed by atoms with Crippen LogP contribution in [-0.2, 0) is 23.6 Å². The molecule has 9 heteroatoms. The number of hydrogen-bond donors (Lipinski definition) is 2. The Morgan fingerprint density at radius 2 is 2.00 bits per heavy atom. The minimum absolute atomic E-state index is 0.0566. The summed E-state index contributed by atoms with van der Waals surface area (Å²) >= 11 is 1.63. The number of aryl methyl sites for hydroxylation is 1. The van der Waals surface area contributed by atoms with E-state index >= 15 is 0 Å². The van der Waals surface area contributed by atoms with Crippen LogP contribution in [0.15, 0.2) is 52.9 Å². The van der Waals surface area contributed by atoms with Crippen molar-refractivity contribution >= 4 is 27.3 Å². The summed E-state index contributed by atoms with van der Waals surface area (Å²) in [5.74, 6) is -1.35. The largest absolute Gasteiger partial charge is 0.476 e. The number of benzene rings is 1. The monoisotopic (exact) mass is 377 g/mol. The number of aromatic carboxylic acids is 1. The molecular weight excluding hydrogens is 362 g/mol. The van der Waals surface area contributed by atoms with Crippen molar-refractivity contribution in [2.45, 2.75) is 11.4 Å². The molecule has 0 aliphatic rings. The number of thiophene rings is 1. The molecule has 3 rings (SSSR count). The number of hydrogen-bond acceptors (Lipinski definition) is 5. The van der Waals surface area contributed by atoms with Crippen molar-refractivity contribution < 1.29 is 18.3 Å². The molecule has 0 amide bonds. The van der Waals surface area contributed by atoms with E-state index in [-0.39, 0.29) is 17.1 Å². The lowest BCUT2D eigenvalue weighted by Crippen LogP contribution is -2.25. The van der Waals surface area contributed by atoms with Gasteiger partial charge < -0.3 is 5.11 Å². The quantitative estimate of drug-likeness (QED) is 0.686. The van der Waals surface area contributed by atoms with Crippen LogP contribution >= 0.6 is 11.3 Å². The Balaban J connectivity index is 1.76. The summed E-state index contributed by atoms with van der Waals surface area (Å²) < 4.78 is 28.2. The van der Waals surface area contributed by atoms with Crippen molar-refractivity contribution in [2.75, 3.05) is 0 Å². The van der Waals surface area contributed by atoms with Crippen molar-refractivity contribution in [1.82, 2.24) is 14.5 Å². The van der Waals surface area contributed by atoms with Gasteiger partial charge in [-0.2, -0.15) is 5.10 Å². The van der Waals surface area contributed by atoms with Crippen LogP contribution in [-0.4, -0.2) is 29.3 Å². The van der Waals surface area contributed by atoms with Gasteiger partial charge in [0.25, 0.3) is 0 Å². The molecule has 0 saturated heterocycles. The normalized spacial score (nSPS) is 11.6. The third-order valence-electron chi connectivity index (χ3n) is 3.62. The minimum Gasteiger partial charge on any atom is -0.476 e. The first-order chi connectivity index (χ1) is 11.9. The third-order valence-corrected chi connectivity index (χ3v) is 5.94. The zero-order valence-electron chi connectivity index (χ0n) is 13.2. The van der Waals surface area contributed by atoms with Crippen molar-refractivity contribution in [3.05, 3.63) is 59.2 Å². The van der Waals surface area contributed by atoms with E-state index in [1.807, 2.05) is 41.8 Å². The summed E-state index contributed by atoms with van der Waals surface area (Å²) in [4.78, 5) is 12.0. The highest BCUT2D eigenvalue weighted by atomic mass is 32.2. The maximum Gasteiger partial charge on any atom is 0.355 e. The zero-order valence-corrected chi connectivity index (χ0v) is 14.8. The maximum atomic E-state index is 12.4. The van der Waals surface area contributed by atoms with Gasteiger partial charge in [0.2, 0.25) is 10.0 Å². The molecule has 0 bridgehead atoms. The van der Waals surface area contributed by atoms with Crippen LogP contribution in [0.1, 0.15) is 16.1 Å². The molecule has 2 aromatic heterocycles. The number of nitrogens with zero attached hydrogens (tertiary/aromatic N) is 2. The first-order valence-electron chi connectivity index (χ1n) is 7.26. The third kappa shape index (κ3) is 3.63. The van der Waals surface area contributed by atoms with Gasteiger partial charge in [-0.05, 0) is 22.6 Å². The Bertz CT molecular complexity index is 991. The van der Waals surface area contributed by atoms with Gasteiger partial charge in [-0.25, -0.2) is 17.9 Å². The van der Waals surface area contributed by atoms with Crippen molar-refractivity contribution in [3.8, 4) is 10.4 Å². The molecular formula is C16H15N3O4S2. The Hall–Kier alpha value is -2.49. The summed E-state index contributed by atoms with van der Waals surface area (Å²) in [5.41, 5.74) is 1.45. The fraction of sp³-hybridized carbons (Fsp3) is 0.125. The Labute approximate surface area is 148 Å². The van der Waals surface area contributed by atoms with E-state index in [4.69, 9.17) is 5.11 Å². The lowest BCUT2D eigenvalue weighted by Gasteiger charge is -2.07. The molecule has 0 atom stereocenters. The van der Waals surface area contributed by atoms with Crippen molar-refractivity contribution in [2.24, 2.45) is 7.05 Å². The maximum absolute atomic E-state index is 12.4. The molecule has 0 unspecified atom stereocenters. The molecule has 0 spiro atoms. The molecule has 0 aliphatic carbocycles. The summed E-state index contributed by atoms with van der Waals surface area (Å²) in [6, 6.07) is 11.5. The average Bonchev–Trinajstić information content (AvgIpc) is 3.23. The fourth-order valence-corrected chi connectivity index (χ4v) is 4.25. The number of rotatable bonds is 6. The second kappa shape index (κ2) is 6.79. The van der Waals surface area contributed by atoms with Crippen molar-refractivity contribution in [1.29, 1.82) is 0 Å². The number of sulfonamides is 1. The Kier molecular flexibility index (Phi) is 4.71. The molecule has 0 fully saturated rings. The molecule has 1 aromatic carbocycles. The molecule has 0 radical (unpaired) electrons. The highest BCUT2D eigenvalue weighted by Gasteiger charge is 2.26. The van der Waals surface area contributed by atoms with Gasteiger partial charge in [0.05, 0.1) is 6.20 Å². The number of aromatic nitrogens is 2. The lowest BCUT2D eigenvalue weighted by atomic mass is 10.1. The van der Waals surface area contributed by atoms with E-state index in [0.29, 0.717) is 0 Å². The standard InChI is InChI=1S/C16H15N3O4S2/c1-19-15(16(20)21)14(10-17-19)25(22,23)18-9-11-4-6-12(7-5-11)13-3-2-8-24-13/h2-8,10,18H,9H2,1H3,(H,20,21). The SMILES string of the molecule is Cn1ncc(S(=O)(=O)NCc2ccc(-c3cccs3)cc2)c1C(=O)O. The lowest BCUT2D eigenvalue weighted by molar-refractivity contribution is 0.0680. The average molecular weight is 377 g/mol. The van der Waals surface area contributed by atoms with E-state index in [9.17, 15) is 13.2 Å². The number of carboxylic acids is 1. The van der Waals surface area contributed by atoms with E-state index in [0.717, 1.165) is 26.9 Å². The molecule has 2 N–H and O–H groups in total. The van der Waals surface area contributed by atoms with E-state index in [2.05, 4.69) is 9.82 Å². The predicted molar refractivity (Wildman–Crippen MR) is 93.9 cm³/mol.